The maximum Gasteiger partial charge on any atom is 0.264 e. The summed E-state index contributed by atoms with van der Waals surface area (Å²) in [5, 5.41) is 5.33. The second-order valence-corrected chi connectivity index (χ2v) is 9.00. The number of nitrogens with one attached hydrogen (secondary N) is 2. The van der Waals surface area contributed by atoms with E-state index in [0.29, 0.717) is 5.69 Å². The number of sulfonamides is 1. The Morgan fingerprint density at radius 3 is 2.14 bits per heavy atom. The van der Waals surface area contributed by atoms with Gasteiger partial charge in [-0.05, 0) is 24.3 Å². The SMILES string of the molecule is Cl.O=S(=O)(Nc1ccc(N2CCNCC2)c2ccccc12)c1c(Cl)cccc1Cl. The van der Waals surface area contributed by atoms with Crippen LogP contribution >= 0.6 is 35.6 Å². The molecule has 0 amide bonds. The number of piperazine rings is 1. The summed E-state index contributed by atoms with van der Waals surface area (Å²) in [6.45, 7) is 3.66. The van der Waals surface area contributed by atoms with Gasteiger partial charge in [-0.1, -0.05) is 53.5 Å². The average molecular weight is 473 g/mol. The lowest BCUT2D eigenvalue weighted by Gasteiger charge is -2.30. The normalized spacial score (nSPS) is 14.5. The minimum atomic E-state index is -3.94. The third kappa shape index (κ3) is 4.42. The van der Waals surface area contributed by atoms with Crippen LogP contribution in [0.2, 0.25) is 10.0 Å². The van der Waals surface area contributed by atoms with Gasteiger partial charge in [0, 0.05) is 42.6 Å². The summed E-state index contributed by atoms with van der Waals surface area (Å²) < 4.78 is 28.6. The highest BCUT2D eigenvalue weighted by molar-refractivity contribution is 7.93. The van der Waals surface area contributed by atoms with E-state index < -0.39 is 10.0 Å². The molecule has 0 saturated carbocycles. The van der Waals surface area contributed by atoms with Crippen LogP contribution in [0.5, 0.6) is 0 Å². The van der Waals surface area contributed by atoms with E-state index in [4.69, 9.17) is 23.2 Å². The topological polar surface area (TPSA) is 61.4 Å². The summed E-state index contributed by atoms with van der Waals surface area (Å²) in [5.41, 5.74) is 1.58. The Morgan fingerprint density at radius 2 is 1.48 bits per heavy atom. The van der Waals surface area contributed by atoms with Crippen molar-refractivity contribution in [2.45, 2.75) is 4.90 Å². The Morgan fingerprint density at radius 1 is 0.862 bits per heavy atom. The summed E-state index contributed by atoms with van der Waals surface area (Å²) in [7, 11) is -3.94. The molecule has 9 heteroatoms. The molecule has 1 aliphatic rings. The molecule has 1 saturated heterocycles. The number of rotatable bonds is 4. The number of hydrogen-bond acceptors (Lipinski definition) is 4. The Balaban J connectivity index is 0.00000240. The number of nitrogens with zero attached hydrogens (tertiary/aromatic N) is 1. The molecule has 5 nitrogen and oxygen atoms in total. The van der Waals surface area contributed by atoms with Gasteiger partial charge >= 0.3 is 0 Å². The second-order valence-electron chi connectivity index (χ2n) is 6.57. The highest BCUT2D eigenvalue weighted by Crippen LogP contribution is 2.35. The highest BCUT2D eigenvalue weighted by Gasteiger charge is 2.23. The lowest BCUT2D eigenvalue weighted by molar-refractivity contribution is 0.590. The maximum absolute atomic E-state index is 13.0. The van der Waals surface area contributed by atoms with Crippen LogP contribution in [-0.4, -0.2) is 34.6 Å². The van der Waals surface area contributed by atoms with E-state index in [0.717, 1.165) is 42.6 Å². The van der Waals surface area contributed by atoms with Crippen molar-refractivity contribution in [3.63, 3.8) is 0 Å². The largest absolute Gasteiger partial charge is 0.368 e. The van der Waals surface area contributed by atoms with Crippen LogP contribution in [-0.2, 0) is 10.0 Å². The predicted molar refractivity (Wildman–Crippen MR) is 124 cm³/mol. The van der Waals surface area contributed by atoms with Gasteiger partial charge in [-0.25, -0.2) is 8.42 Å². The molecule has 4 rings (SSSR count). The number of anilines is 2. The summed E-state index contributed by atoms with van der Waals surface area (Å²) >= 11 is 12.2. The first-order valence-corrected chi connectivity index (χ1v) is 11.2. The Bertz CT molecular complexity index is 1110. The fourth-order valence-electron chi connectivity index (χ4n) is 3.49. The number of fused-ring (bicyclic) bond motifs is 1. The van der Waals surface area contributed by atoms with E-state index in [-0.39, 0.29) is 27.3 Å². The molecule has 29 heavy (non-hydrogen) atoms. The van der Waals surface area contributed by atoms with Crippen molar-refractivity contribution in [1.29, 1.82) is 0 Å². The van der Waals surface area contributed by atoms with Gasteiger partial charge in [0.1, 0.15) is 4.90 Å². The fraction of sp³-hybridized carbons (Fsp3) is 0.200. The monoisotopic (exact) mass is 471 g/mol. The van der Waals surface area contributed by atoms with Gasteiger partial charge in [-0.3, -0.25) is 4.72 Å². The smallest absolute Gasteiger partial charge is 0.264 e. The van der Waals surface area contributed by atoms with Crippen LogP contribution in [0.1, 0.15) is 0 Å². The van der Waals surface area contributed by atoms with Crippen LogP contribution in [0, 0.1) is 0 Å². The van der Waals surface area contributed by atoms with Crippen LogP contribution in [0.25, 0.3) is 10.8 Å². The van der Waals surface area contributed by atoms with E-state index in [1.165, 1.54) is 12.1 Å². The van der Waals surface area contributed by atoms with Gasteiger partial charge in [0.25, 0.3) is 10.0 Å². The van der Waals surface area contributed by atoms with Crippen molar-refractivity contribution < 1.29 is 8.42 Å². The molecule has 1 fully saturated rings. The van der Waals surface area contributed by atoms with Crippen molar-refractivity contribution in [1.82, 2.24) is 5.32 Å². The van der Waals surface area contributed by atoms with Crippen molar-refractivity contribution in [2.24, 2.45) is 0 Å². The quantitative estimate of drug-likeness (QED) is 0.574. The first-order chi connectivity index (χ1) is 13.5. The zero-order chi connectivity index (χ0) is 19.7. The molecule has 0 radical (unpaired) electrons. The number of hydrogen-bond donors (Lipinski definition) is 2. The zero-order valence-corrected chi connectivity index (χ0v) is 18.5. The van der Waals surface area contributed by atoms with Gasteiger partial charge in [0.15, 0.2) is 0 Å². The summed E-state index contributed by atoms with van der Waals surface area (Å²) in [4.78, 5) is 2.19. The highest BCUT2D eigenvalue weighted by atomic mass is 35.5. The van der Waals surface area contributed by atoms with Crippen LogP contribution < -0.4 is 14.9 Å². The van der Waals surface area contributed by atoms with E-state index in [1.807, 2.05) is 30.3 Å². The van der Waals surface area contributed by atoms with E-state index in [9.17, 15) is 8.42 Å². The van der Waals surface area contributed by atoms with Gasteiger partial charge < -0.3 is 10.2 Å². The summed E-state index contributed by atoms with van der Waals surface area (Å²) in [6.07, 6.45) is 0. The van der Waals surface area contributed by atoms with Crippen molar-refractivity contribution in [3.05, 3.63) is 64.6 Å². The second kappa shape index (κ2) is 8.98. The molecule has 0 aliphatic carbocycles. The predicted octanol–water partition coefficient (Wildman–Crippen LogP) is 4.78. The summed E-state index contributed by atoms with van der Waals surface area (Å²) in [5.74, 6) is 0. The van der Waals surface area contributed by atoms with Gasteiger partial charge in [0.2, 0.25) is 0 Å². The number of halogens is 3. The molecule has 0 spiro atoms. The molecular formula is C20H20Cl3N3O2S. The molecule has 154 valence electrons. The molecule has 0 aromatic heterocycles. The lowest BCUT2D eigenvalue weighted by atomic mass is 10.1. The molecule has 2 N–H and O–H groups in total. The molecule has 3 aromatic carbocycles. The van der Waals surface area contributed by atoms with Crippen LogP contribution in [0.4, 0.5) is 11.4 Å². The first kappa shape index (κ1) is 22.0. The van der Waals surface area contributed by atoms with Gasteiger partial charge in [-0.15, -0.1) is 12.4 Å². The molecule has 1 heterocycles. The molecular weight excluding hydrogens is 453 g/mol. The Kier molecular flexibility index (Phi) is 6.81. The number of benzene rings is 3. The van der Waals surface area contributed by atoms with Crippen LogP contribution in [0.15, 0.2) is 59.5 Å². The van der Waals surface area contributed by atoms with E-state index in [1.54, 1.807) is 12.1 Å². The van der Waals surface area contributed by atoms with E-state index in [2.05, 4.69) is 14.9 Å². The fourth-order valence-corrected chi connectivity index (χ4v) is 5.71. The van der Waals surface area contributed by atoms with E-state index >= 15 is 0 Å². The maximum atomic E-state index is 13.0. The van der Waals surface area contributed by atoms with Crippen molar-refractivity contribution in [3.8, 4) is 0 Å². The Labute approximate surface area is 186 Å². The third-order valence-corrected chi connectivity index (χ3v) is 7.11. The van der Waals surface area contributed by atoms with Gasteiger partial charge in [-0.2, -0.15) is 0 Å². The average Bonchev–Trinajstić information content (AvgIpc) is 2.68. The van der Waals surface area contributed by atoms with Crippen molar-refractivity contribution >= 4 is 67.8 Å². The third-order valence-electron chi connectivity index (χ3n) is 4.79. The van der Waals surface area contributed by atoms with Crippen molar-refractivity contribution in [2.75, 3.05) is 35.8 Å². The lowest BCUT2D eigenvalue weighted by Crippen LogP contribution is -2.43. The minimum Gasteiger partial charge on any atom is -0.368 e. The molecule has 0 unspecified atom stereocenters. The summed E-state index contributed by atoms with van der Waals surface area (Å²) in [6, 6.07) is 16.1. The van der Waals surface area contributed by atoms with Gasteiger partial charge in [0.05, 0.1) is 15.7 Å². The standard InChI is InChI=1S/C20H19Cl2N3O2S.ClH/c21-16-6-3-7-17(22)20(16)28(26,27)24-18-8-9-19(25-12-10-23-11-13-25)15-5-2-1-4-14(15)18;/h1-9,23-24H,10-13H2;1H. The molecule has 3 aromatic rings. The first-order valence-electron chi connectivity index (χ1n) is 8.91. The molecule has 1 aliphatic heterocycles. The van der Waals surface area contributed by atoms with Crippen LogP contribution in [0.3, 0.4) is 0 Å². The zero-order valence-electron chi connectivity index (χ0n) is 15.4. The minimum absolute atomic E-state index is 0. The molecule has 0 bridgehead atoms. The Hall–Kier alpha value is -1.70. The molecule has 0 atom stereocenters.